The minimum absolute atomic E-state index is 0.158. The Kier molecular flexibility index (Phi) is 4.83. The number of nitrogens with zero attached hydrogens (tertiary/aromatic N) is 1. The molecule has 1 N–H and O–H groups in total. The van der Waals surface area contributed by atoms with Crippen molar-refractivity contribution < 1.29 is 4.79 Å². The summed E-state index contributed by atoms with van der Waals surface area (Å²) < 4.78 is 0.876. The fraction of sp³-hybridized carbons (Fsp3) is 0.158. The minimum atomic E-state index is -0.158. The van der Waals surface area contributed by atoms with Crippen molar-refractivity contribution >= 4 is 38.3 Å². The van der Waals surface area contributed by atoms with Crippen molar-refractivity contribution in [1.82, 2.24) is 4.98 Å². The second-order valence-corrected chi connectivity index (χ2v) is 7.53. The van der Waals surface area contributed by atoms with Gasteiger partial charge in [0.2, 0.25) is 0 Å². The lowest BCUT2D eigenvalue weighted by molar-refractivity contribution is 0.102. The third kappa shape index (κ3) is 3.57. The van der Waals surface area contributed by atoms with Crippen molar-refractivity contribution in [2.45, 2.75) is 20.8 Å². The molecule has 0 fully saturated rings. The van der Waals surface area contributed by atoms with E-state index in [2.05, 4.69) is 59.1 Å². The average molecular weight is 401 g/mol. The number of hydrogen-bond acceptors (Lipinski definition) is 3. The number of amides is 1. The van der Waals surface area contributed by atoms with Crippen LogP contribution in [0.15, 0.2) is 46.3 Å². The number of carbonyl (C=O) groups is 1. The van der Waals surface area contributed by atoms with Gasteiger partial charge in [0.1, 0.15) is 0 Å². The van der Waals surface area contributed by atoms with E-state index in [0.29, 0.717) is 10.7 Å². The Morgan fingerprint density at radius 2 is 1.83 bits per heavy atom. The van der Waals surface area contributed by atoms with E-state index in [1.165, 1.54) is 28.0 Å². The summed E-state index contributed by atoms with van der Waals surface area (Å²) in [6.07, 6.45) is 0. The predicted octanol–water partition coefficient (Wildman–Crippen LogP) is 5.75. The zero-order valence-corrected chi connectivity index (χ0v) is 16.1. The van der Waals surface area contributed by atoms with Crippen LogP contribution in [0.1, 0.15) is 27.0 Å². The first-order chi connectivity index (χ1) is 11.4. The van der Waals surface area contributed by atoms with Crippen LogP contribution in [0.4, 0.5) is 5.13 Å². The monoisotopic (exact) mass is 400 g/mol. The molecule has 0 atom stereocenters. The predicted molar refractivity (Wildman–Crippen MR) is 104 cm³/mol. The Morgan fingerprint density at radius 1 is 1.08 bits per heavy atom. The molecule has 24 heavy (non-hydrogen) atoms. The maximum atomic E-state index is 12.3. The van der Waals surface area contributed by atoms with Crippen LogP contribution in [0.3, 0.4) is 0 Å². The van der Waals surface area contributed by atoms with E-state index >= 15 is 0 Å². The van der Waals surface area contributed by atoms with Crippen LogP contribution in [0.2, 0.25) is 0 Å². The molecule has 3 nitrogen and oxygen atoms in total. The Morgan fingerprint density at radius 3 is 2.58 bits per heavy atom. The Balaban J connectivity index is 1.84. The van der Waals surface area contributed by atoms with E-state index in [9.17, 15) is 4.79 Å². The lowest BCUT2D eigenvalue weighted by Crippen LogP contribution is -2.11. The number of nitrogens with one attached hydrogen (secondary N) is 1. The number of aromatic nitrogens is 1. The van der Waals surface area contributed by atoms with E-state index < -0.39 is 0 Å². The molecule has 122 valence electrons. The molecule has 1 amide bonds. The molecule has 2 aromatic carbocycles. The second-order valence-electron chi connectivity index (χ2n) is 5.75. The number of carbonyl (C=O) groups excluding carboxylic acids is 1. The Labute approximate surface area is 153 Å². The summed E-state index contributed by atoms with van der Waals surface area (Å²) in [5.74, 6) is -0.158. The highest BCUT2D eigenvalue weighted by Crippen LogP contribution is 2.29. The zero-order valence-electron chi connectivity index (χ0n) is 13.7. The van der Waals surface area contributed by atoms with Gasteiger partial charge >= 0.3 is 0 Å². The van der Waals surface area contributed by atoms with Gasteiger partial charge in [0.25, 0.3) is 5.91 Å². The molecule has 0 spiro atoms. The van der Waals surface area contributed by atoms with Gasteiger partial charge in [-0.3, -0.25) is 10.1 Å². The number of hydrogen-bond donors (Lipinski definition) is 1. The third-order valence-corrected chi connectivity index (χ3v) is 5.18. The van der Waals surface area contributed by atoms with Gasteiger partial charge in [0, 0.05) is 21.0 Å². The van der Waals surface area contributed by atoms with Crippen molar-refractivity contribution in [2.24, 2.45) is 0 Å². The number of aryl methyl sites for hydroxylation is 3. The summed E-state index contributed by atoms with van der Waals surface area (Å²) in [7, 11) is 0. The largest absolute Gasteiger partial charge is 0.298 e. The third-order valence-electron chi connectivity index (χ3n) is 3.93. The second kappa shape index (κ2) is 6.87. The first-order valence-electron chi connectivity index (χ1n) is 7.54. The first-order valence-corrected chi connectivity index (χ1v) is 9.22. The summed E-state index contributed by atoms with van der Waals surface area (Å²) in [4.78, 5) is 16.9. The maximum Gasteiger partial charge on any atom is 0.257 e. The van der Waals surface area contributed by atoms with Crippen LogP contribution in [0.5, 0.6) is 0 Å². The summed E-state index contributed by atoms with van der Waals surface area (Å²) in [5.41, 5.74) is 6.30. The van der Waals surface area contributed by atoms with E-state index in [4.69, 9.17) is 0 Å². The molecule has 1 aromatic heterocycles. The molecule has 0 aliphatic rings. The van der Waals surface area contributed by atoms with Crippen LogP contribution in [-0.2, 0) is 0 Å². The molecule has 0 aliphatic carbocycles. The van der Waals surface area contributed by atoms with Crippen LogP contribution in [-0.4, -0.2) is 10.9 Å². The molecular weight excluding hydrogens is 384 g/mol. The van der Waals surface area contributed by atoms with Crippen molar-refractivity contribution in [3.63, 3.8) is 0 Å². The highest BCUT2D eigenvalue weighted by atomic mass is 79.9. The molecular formula is C19H17BrN2OS. The smallest absolute Gasteiger partial charge is 0.257 e. The number of rotatable bonds is 3. The summed E-state index contributed by atoms with van der Waals surface area (Å²) in [6.45, 7) is 6.29. The van der Waals surface area contributed by atoms with Crippen LogP contribution in [0.25, 0.3) is 11.3 Å². The first kappa shape index (κ1) is 16.9. The number of anilines is 1. The SMILES string of the molecule is Cc1cc(C)c(-c2csc(NC(=O)c3cccc(Br)c3)n2)cc1C. The van der Waals surface area contributed by atoms with Gasteiger partial charge in [-0.2, -0.15) is 0 Å². The lowest BCUT2D eigenvalue weighted by atomic mass is 9.99. The molecule has 3 aromatic rings. The average Bonchev–Trinajstić information content (AvgIpc) is 2.99. The number of benzene rings is 2. The molecule has 5 heteroatoms. The molecule has 0 aliphatic heterocycles. The number of halogens is 1. The summed E-state index contributed by atoms with van der Waals surface area (Å²) in [5, 5.41) is 5.45. The summed E-state index contributed by atoms with van der Waals surface area (Å²) in [6, 6.07) is 11.6. The topological polar surface area (TPSA) is 42.0 Å². The van der Waals surface area contributed by atoms with Crippen LogP contribution >= 0.6 is 27.3 Å². The highest BCUT2D eigenvalue weighted by molar-refractivity contribution is 9.10. The molecule has 0 unspecified atom stereocenters. The van der Waals surface area contributed by atoms with Crippen LogP contribution < -0.4 is 5.32 Å². The molecule has 1 heterocycles. The Bertz CT molecular complexity index is 917. The standard InChI is InChI=1S/C19H17BrN2OS/c1-11-7-13(3)16(8-12(11)2)17-10-24-19(21-17)22-18(23)14-5-4-6-15(20)9-14/h4-10H,1-3H3,(H,21,22,23). The maximum absolute atomic E-state index is 12.3. The van der Waals surface area contributed by atoms with E-state index in [0.717, 1.165) is 15.7 Å². The van der Waals surface area contributed by atoms with Crippen LogP contribution in [0, 0.1) is 20.8 Å². The molecule has 0 radical (unpaired) electrons. The van der Waals surface area contributed by atoms with Crippen molar-refractivity contribution in [2.75, 3.05) is 5.32 Å². The molecule has 0 saturated carbocycles. The van der Waals surface area contributed by atoms with E-state index in [1.807, 2.05) is 17.5 Å². The zero-order chi connectivity index (χ0) is 17.3. The quantitative estimate of drug-likeness (QED) is 0.607. The van der Waals surface area contributed by atoms with Gasteiger partial charge in [-0.1, -0.05) is 28.1 Å². The summed E-state index contributed by atoms with van der Waals surface area (Å²) >= 11 is 4.81. The fourth-order valence-corrected chi connectivity index (χ4v) is 3.60. The van der Waals surface area contributed by atoms with Gasteiger partial charge in [-0.25, -0.2) is 4.98 Å². The molecule has 0 bridgehead atoms. The van der Waals surface area contributed by atoms with Gasteiger partial charge in [-0.05, 0) is 61.7 Å². The number of thiazole rings is 1. The fourth-order valence-electron chi connectivity index (χ4n) is 2.49. The lowest BCUT2D eigenvalue weighted by Gasteiger charge is -2.07. The van der Waals surface area contributed by atoms with Gasteiger partial charge in [0.15, 0.2) is 5.13 Å². The van der Waals surface area contributed by atoms with E-state index in [-0.39, 0.29) is 5.91 Å². The van der Waals surface area contributed by atoms with Gasteiger partial charge < -0.3 is 0 Å². The Hall–Kier alpha value is -1.98. The molecule has 0 saturated heterocycles. The van der Waals surface area contributed by atoms with E-state index in [1.54, 1.807) is 12.1 Å². The van der Waals surface area contributed by atoms with Gasteiger partial charge in [0.05, 0.1) is 5.69 Å². The normalized spacial score (nSPS) is 10.7. The highest BCUT2D eigenvalue weighted by Gasteiger charge is 2.12. The van der Waals surface area contributed by atoms with Crippen molar-refractivity contribution in [1.29, 1.82) is 0 Å². The molecule has 3 rings (SSSR count). The van der Waals surface area contributed by atoms with Crippen molar-refractivity contribution in [3.05, 3.63) is 68.5 Å². The minimum Gasteiger partial charge on any atom is -0.298 e. The van der Waals surface area contributed by atoms with Crippen molar-refractivity contribution in [3.8, 4) is 11.3 Å². The van der Waals surface area contributed by atoms with Gasteiger partial charge in [-0.15, -0.1) is 11.3 Å².